The molecule has 2 aromatic rings. The van der Waals surface area contributed by atoms with Gasteiger partial charge in [0.25, 0.3) is 0 Å². The Morgan fingerprint density at radius 3 is 1.76 bits per heavy atom. The van der Waals surface area contributed by atoms with Crippen molar-refractivity contribution in [2.45, 2.75) is 90.0 Å². The van der Waals surface area contributed by atoms with Gasteiger partial charge in [-0.05, 0) is 63.8 Å². The number of fused-ring (bicyclic) bond motifs is 1. The van der Waals surface area contributed by atoms with Crippen LogP contribution in [0.4, 0.5) is 0 Å². The van der Waals surface area contributed by atoms with Crippen LogP contribution in [0.1, 0.15) is 75.1 Å². The third kappa shape index (κ3) is 4.68. The molecule has 42 heavy (non-hydrogen) atoms. The fourth-order valence-corrected chi connectivity index (χ4v) is 7.76. The van der Waals surface area contributed by atoms with Gasteiger partial charge in [0.05, 0.1) is 28.1 Å². The minimum Gasteiger partial charge on any atom is -0.462 e. The van der Waals surface area contributed by atoms with E-state index in [1.165, 1.54) is 13.8 Å². The van der Waals surface area contributed by atoms with E-state index in [1.54, 1.807) is 60.7 Å². The van der Waals surface area contributed by atoms with E-state index < -0.39 is 70.8 Å². The Balaban J connectivity index is 1.73. The van der Waals surface area contributed by atoms with Gasteiger partial charge in [-0.25, -0.2) is 9.59 Å². The topological polar surface area (TPSA) is 114 Å². The number of esters is 4. The van der Waals surface area contributed by atoms with Crippen LogP contribution < -0.4 is 0 Å². The molecule has 1 saturated heterocycles. The zero-order chi connectivity index (χ0) is 30.4. The number of hydrogen-bond acceptors (Lipinski definition) is 9. The third-order valence-electron chi connectivity index (χ3n) is 9.43. The Labute approximate surface area is 245 Å². The highest BCUT2D eigenvalue weighted by Crippen LogP contribution is 2.68. The van der Waals surface area contributed by atoms with Gasteiger partial charge in [0.2, 0.25) is 0 Å². The molecule has 3 fully saturated rings. The molecule has 3 aliphatic rings. The lowest BCUT2D eigenvalue weighted by Crippen LogP contribution is -2.76. The minimum absolute atomic E-state index is 0.202. The molecule has 8 atom stereocenters. The summed E-state index contributed by atoms with van der Waals surface area (Å²) in [5.41, 5.74) is -2.90. The smallest absolute Gasteiger partial charge is 0.338 e. The first-order chi connectivity index (χ1) is 19.8. The molecule has 1 heterocycles. The molecule has 2 aliphatic carbocycles. The van der Waals surface area contributed by atoms with Crippen molar-refractivity contribution in [3.63, 3.8) is 0 Å². The Kier molecular flexibility index (Phi) is 7.68. The largest absolute Gasteiger partial charge is 0.462 e. The van der Waals surface area contributed by atoms with E-state index in [-0.39, 0.29) is 5.92 Å². The molecule has 0 N–H and O–H groups in total. The van der Waals surface area contributed by atoms with Crippen LogP contribution in [0, 0.1) is 17.3 Å². The normalized spacial score (nSPS) is 34.4. The van der Waals surface area contributed by atoms with Crippen molar-refractivity contribution >= 4 is 23.9 Å². The van der Waals surface area contributed by atoms with Crippen LogP contribution in [0.15, 0.2) is 60.7 Å². The number of ether oxygens (including phenoxy) is 5. The van der Waals surface area contributed by atoms with E-state index in [0.717, 1.165) is 0 Å². The Morgan fingerprint density at radius 2 is 1.24 bits per heavy atom. The van der Waals surface area contributed by atoms with Gasteiger partial charge in [0, 0.05) is 13.8 Å². The van der Waals surface area contributed by atoms with Crippen LogP contribution in [-0.2, 0) is 33.3 Å². The summed E-state index contributed by atoms with van der Waals surface area (Å²) in [5.74, 6) is -3.21. The molecule has 1 aliphatic heterocycles. The molecule has 0 radical (unpaired) electrons. The zero-order valence-electron chi connectivity index (χ0n) is 24.8. The Bertz CT molecular complexity index is 1360. The van der Waals surface area contributed by atoms with Crippen molar-refractivity contribution in [2.24, 2.45) is 17.3 Å². The number of hydrogen-bond donors (Lipinski definition) is 0. The molecule has 9 nitrogen and oxygen atoms in total. The SMILES string of the molecule is CC(=O)OC1CCC(C)C23OC(C)(C)C(C(OC(=O)c4ccccc4)C(OC(=O)c4ccccc4)C12C)C3OC(C)=O. The second kappa shape index (κ2) is 10.8. The third-order valence-corrected chi connectivity index (χ3v) is 9.43. The fourth-order valence-electron chi connectivity index (χ4n) is 7.76. The average molecular weight is 579 g/mol. The summed E-state index contributed by atoms with van der Waals surface area (Å²) < 4.78 is 31.6. The fraction of sp³-hybridized carbons (Fsp3) is 0.515. The van der Waals surface area contributed by atoms with E-state index in [0.29, 0.717) is 24.0 Å². The molecule has 224 valence electrons. The standard InChI is InChI=1S/C33H38O9/c1-19-17-18-24(38-20(2)34)32(6)28(41-30(37)23-15-11-8-12-16-23)26(40-29(36)22-13-9-7-10-14-22)25-27(39-21(3)35)33(19,32)42-31(25,4)5/h7-16,19,24-28H,17-18H2,1-6H3. The summed E-state index contributed by atoms with van der Waals surface area (Å²) >= 11 is 0. The lowest BCUT2D eigenvalue weighted by atomic mass is 9.48. The van der Waals surface area contributed by atoms with Gasteiger partial charge in [-0.2, -0.15) is 0 Å². The van der Waals surface area contributed by atoms with Crippen LogP contribution in [0.25, 0.3) is 0 Å². The van der Waals surface area contributed by atoms with Gasteiger partial charge in [0.15, 0.2) is 6.10 Å². The lowest BCUT2D eigenvalue weighted by Gasteiger charge is -2.62. The molecular weight excluding hydrogens is 540 g/mol. The van der Waals surface area contributed by atoms with Crippen LogP contribution in [0.2, 0.25) is 0 Å². The number of carbonyl (C=O) groups excluding carboxylic acids is 4. The van der Waals surface area contributed by atoms with Gasteiger partial charge >= 0.3 is 23.9 Å². The maximum atomic E-state index is 13.7. The van der Waals surface area contributed by atoms with Crippen molar-refractivity contribution in [1.29, 1.82) is 0 Å². The van der Waals surface area contributed by atoms with Crippen molar-refractivity contribution in [1.82, 2.24) is 0 Å². The van der Waals surface area contributed by atoms with Gasteiger partial charge in [-0.3, -0.25) is 9.59 Å². The second-order valence-electron chi connectivity index (χ2n) is 12.3. The lowest BCUT2D eigenvalue weighted by molar-refractivity contribution is -0.297. The van der Waals surface area contributed by atoms with Gasteiger partial charge in [0.1, 0.15) is 23.9 Å². The summed E-state index contributed by atoms with van der Waals surface area (Å²) in [4.78, 5) is 52.4. The van der Waals surface area contributed by atoms with E-state index >= 15 is 0 Å². The predicted octanol–water partition coefficient (Wildman–Crippen LogP) is 4.91. The molecule has 8 unspecified atom stereocenters. The summed E-state index contributed by atoms with van der Waals surface area (Å²) in [6, 6.07) is 17.0. The number of rotatable bonds is 6. The Morgan fingerprint density at radius 1 is 0.714 bits per heavy atom. The van der Waals surface area contributed by atoms with Crippen LogP contribution in [-0.4, -0.2) is 59.5 Å². The van der Waals surface area contributed by atoms with E-state index in [4.69, 9.17) is 23.7 Å². The average Bonchev–Trinajstić information content (AvgIpc) is 3.14. The van der Waals surface area contributed by atoms with Gasteiger partial charge in [-0.1, -0.05) is 43.3 Å². The van der Waals surface area contributed by atoms with Crippen LogP contribution in [0.5, 0.6) is 0 Å². The van der Waals surface area contributed by atoms with Crippen LogP contribution >= 0.6 is 0 Å². The van der Waals surface area contributed by atoms with Crippen molar-refractivity contribution in [2.75, 3.05) is 0 Å². The predicted molar refractivity (Wildman–Crippen MR) is 150 cm³/mol. The summed E-state index contributed by atoms with van der Waals surface area (Å²) in [7, 11) is 0. The zero-order valence-corrected chi connectivity index (χ0v) is 24.8. The molecule has 1 spiro atoms. The second-order valence-corrected chi connectivity index (χ2v) is 12.3. The van der Waals surface area contributed by atoms with E-state index in [9.17, 15) is 19.2 Å². The molecule has 2 saturated carbocycles. The minimum atomic E-state index is -1.28. The first kappa shape index (κ1) is 29.8. The van der Waals surface area contributed by atoms with Crippen molar-refractivity contribution < 1.29 is 42.9 Å². The molecule has 0 aromatic heterocycles. The van der Waals surface area contributed by atoms with Crippen molar-refractivity contribution in [3.8, 4) is 0 Å². The number of benzene rings is 2. The molecule has 2 bridgehead atoms. The number of carbonyl (C=O) groups is 4. The maximum absolute atomic E-state index is 13.7. The first-order valence-corrected chi connectivity index (χ1v) is 14.4. The molecule has 2 aromatic carbocycles. The molecule has 9 heteroatoms. The molecule has 0 amide bonds. The monoisotopic (exact) mass is 578 g/mol. The van der Waals surface area contributed by atoms with E-state index in [1.807, 2.05) is 27.7 Å². The molecular formula is C33H38O9. The summed E-state index contributed by atoms with van der Waals surface area (Å²) in [5, 5.41) is 0. The van der Waals surface area contributed by atoms with Gasteiger partial charge in [-0.15, -0.1) is 0 Å². The van der Waals surface area contributed by atoms with Gasteiger partial charge < -0.3 is 23.7 Å². The molecule has 5 rings (SSSR count). The van der Waals surface area contributed by atoms with E-state index in [2.05, 4.69) is 0 Å². The highest BCUT2D eigenvalue weighted by Gasteiger charge is 2.82. The highest BCUT2D eigenvalue weighted by molar-refractivity contribution is 5.90. The quantitative estimate of drug-likeness (QED) is 0.348. The van der Waals surface area contributed by atoms with Crippen molar-refractivity contribution in [3.05, 3.63) is 71.8 Å². The summed E-state index contributed by atoms with van der Waals surface area (Å²) in [6.45, 7) is 10.2. The highest BCUT2D eigenvalue weighted by atomic mass is 16.6. The Hall–Kier alpha value is -3.72. The maximum Gasteiger partial charge on any atom is 0.338 e. The first-order valence-electron chi connectivity index (χ1n) is 14.4. The summed E-state index contributed by atoms with van der Waals surface area (Å²) in [6.07, 6.45) is -2.88. The van der Waals surface area contributed by atoms with Crippen LogP contribution in [0.3, 0.4) is 0 Å².